The molecular weight excluding hydrogens is 348 g/mol. The Hall–Kier alpha value is -2.57. The maximum atomic E-state index is 11.9. The topological polar surface area (TPSA) is 80.8 Å². The molecule has 2 unspecified atom stereocenters. The van der Waals surface area contributed by atoms with Crippen LogP contribution in [0.4, 0.5) is 0 Å². The number of rotatable bonds is 7. The lowest BCUT2D eigenvalue weighted by atomic mass is 10.2. The summed E-state index contributed by atoms with van der Waals surface area (Å²) in [5.41, 5.74) is 0.377. The van der Waals surface area contributed by atoms with Gasteiger partial charge in [-0.3, -0.25) is 0 Å². The number of hydrogen-bond acceptors (Lipinski definition) is 6. The quantitative estimate of drug-likeness (QED) is 0.455. The van der Waals surface area contributed by atoms with E-state index in [1.807, 2.05) is 0 Å². The monoisotopic (exact) mass is 372 g/mol. The third-order valence-corrected chi connectivity index (χ3v) is 4.11. The van der Waals surface area contributed by atoms with Gasteiger partial charge in [-0.2, -0.15) is 0 Å². The van der Waals surface area contributed by atoms with Crippen molar-refractivity contribution in [3.63, 3.8) is 0 Å². The number of aromatic hydroxyl groups is 1. The summed E-state index contributed by atoms with van der Waals surface area (Å²) in [5.74, 6) is 0.801. The molecule has 6 heteroatoms. The first kappa shape index (κ1) is 19.2. The molecular formula is C21H24O6. The fraction of sp³-hybridized carbons (Fsp3) is 0.381. The summed E-state index contributed by atoms with van der Waals surface area (Å²) in [6.07, 6.45) is 3.07. The first-order chi connectivity index (χ1) is 13.1. The van der Waals surface area contributed by atoms with Crippen LogP contribution < -0.4 is 9.47 Å². The van der Waals surface area contributed by atoms with Gasteiger partial charge in [-0.05, 0) is 55.0 Å². The Morgan fingerprint density at radius 1 is 1.00 bits per heavy atom. The predicted octanol–water partition coefficient (Wildman–Crippen LogP) is 3.57. The number of ether oxygens (including phenoxy) is 4. The van der Waals surface area contributed by atoms with Crippen LogP contribution in [0.3, 0.4) is 0 Å². The van der Waals surface area contributed by atoms with Gasteiger partial charge in [0.15, 0.2) is 0 Å². The molecule has 0 amide bonds. The molecule has 2 aliphatic rings. The van der Waals surface area contributed by atoms with Crippen LogP contribution in [0.1, 0.15) is 30.1 Å². The zero-order chi connectivity index (χ0) is 19.1. The van der Waals surface area contributed by atoms with Crippen molar-refractivity contribution >= 4 is 5.97 Å². The van der Waals surface area contributed by atoms with Gasteiger partial charge in [-0.1, -0.05) is 6.92 Å². The summed E-state index contributed by atoms with van der Waals surface area (Å²) in [5, 5.41) is 9.19. The molecule has 2 aromatic rings. The second kappa shape index (κ2) is 9.39. The number of benzene rings is 2. The zero-order valence-electron chi connectivity index (χ0n) is 15.3. The number of carbonyl (C=O) groups is 1. The maximum Gasteiger partial charge on any atom is 0.343 e. The van der Waals surface area contributed by atoms with E-state index in [0.29, 0.717) is 30.1 Å². The maximum absolute atomic E-state index is 11.9. The molecule has 1 N–H and O–H groups in total. The van der Waals surface area contributed by atoms with Crippen LogP contribution in [0, 0.1) is 0 Å². The highest BCUT2D eigenvalue weighted by Crippen LogP contribution is 2.20. The third-order valence-electron chi connectivity index (χ3n) is 4.11. The molecule has 2 aliphatic heterocycles. The SMILES string of the molecule is CCC1CO1.O=C(Oc1ccc(OCCC2CO2)cc1)c1ccc(O)cc1. The lowest BCUT2D eigenvalue weighted by molar-refractivity contribution is 0.0734. The third kappa shape index (κ3) is 6.92. The molecule has 2 heterocycles. The molecule has 27 heavy (non-hydrogen) atoms. The van der Waals surface area contributed by atoms with E-state index in [1.54, 1.807) is 24.3 Å². The van der Waals surface area contributed by atoms with Crippen LogP contribution in [0.2, 0.25) is 0 Å². The van der Waals surface area contributed by atoms with Crippen molar-refractivity contribution in [1.82, 2.24) is 0 Å². The highest BCUT2D eigenvalue weighted by atomic mass is 16.6. The molecule has 0 spiro atoms. The molecule has 2 saturated heterocycles. The summed E-state index contributed by atoms with van der Waals surface area (Å²) in [6, 6.07) is 12.8. The molecule has 4 rings (SSSR count). The standard InChI is InChI=1S/C17H16O5.C4H8O/c18-13-3-1-12(2-4-13)17(19)22-15-7-5-14(6-8-15)20-10-9-16-11-21-16;1-2-4-3-5-4/h1-8,16,18H,9-11H2;4H,2-3H2,1H3. The lowest BCUT2D eigenvalue weighted by Crippen LogP contribution is -2.08. The minimum Gasteiger partial charge on any atom is -0.508 e. The Balaban J connectivity index is 0.000000364. The van der Waals surface area contributed by atoms with Gasteiger partial charge < -0.3 is 24.1 Å². The van der Waals surface area contributed by atoms with E-state index in [-0.39, 0.29) is 5.75 Å². The minimum absolute atomic E-state index is 0.106. The van der Waals surface area contributed by atoms with Gasteiger partial charge in [-0.15, -0.1) is 0 Å². The van der Waals surface area contributed by atoms with Crippen molar-refractivity contribution < 1.29 is 28.8 Å². The van der Waals surface area contributed by atoms with E-state index in [1.165, 1.54) is 30.7 Å². The number of phenols is 1. The summed E-state index contributed by atoms with van der Waals surface area (Å²) in [7, 11) is 0. The van der Waals surface area contributed by atoms with Crippen LogP contribution in [0.15, 0.2) is 48.5 Å². The Morgan fingerprint density at radius 3 is 2.11 bits per heavy atom. The molecule has 0 radical (unpaired) electrons. The molecule has 0 aromatic heterocycles. The summed E-state index contributed by atoms with van der Waals surface area (Å²) >= 11 is 0. The van der Waals surface area contributed by atoms with Gasteiger partial charge in [0.05, 0.1) is 37.6 Å². The van der Waals surface area contributed by atoms with Gasteiger partial charge in [0.2, 0.25) is 0 Å². The normalized spacial score (nSPS) is 19.4. The molecule has 0 bridgehead atoms. The second-order valence-corrected chi connectivity index (χ2v) is 6.36. The number of epoxide rings is 2. The largest absolute Gasteiger partial charge is 0.508 e. The zero-order valence-corrected chi connectivity index (χ0v) is 15.3. The Bertz CT molecular complexity index is 717. The number of carbonyl (C=O) groups excluding carboxylic acids is 1. The van der Waals surface area contributed by atoms with E-state index in [4.69, 9.17) is 18.9 Å². The van der Waals surface area contributed by atoms with Crippen molar-refractivity contribution in [3.8, 4) is 17.2 Å². The highest BCUT2D eigenvalue weighted by Gasteiger charge is 2.21. The lowest BCUT2D eigenvalue weighted by Gasteiger charge is -2.07. The minimum atomic E-state index is -0.473. The van der Waals surface area contributed by atoms with E-state index in [0.717, 1.165) is 25.4 Å². The smallest absolute Gasteiger partial charge is 0.343 e. The van der Waals surface area contributed by atoms with Crippen LogP contribution >= 0.6 is 0 Å². The van der Waals surface area contributed by atoms with Gasteiger partial charge in [-0.25, -0.2) is 4.79 Å². The number of esters is 1. The van der Waals surface area contributed by atoms with Gasteiger partial charge in [0, 0.05) is 6.42 Å². The Labute approximate surface area is 158 Å². The summed E-state index contributed by atoms with van der Waals surface area (Å²) < 4.78 is 20.8. The summed E-state index contributed by atoms with van der Waals surface area (Å²) in [6.45, 7) is 4.58. The molecule has 6 nitrogen and oxygen atoms in total. The van der Waals surface area contributed by atoms with E-state index < -0.39 is 5.97 Å². The first-order valence-electron chi connectivity index (χ1n) is 9.11. The van der Waals surface area contributed by atoms with E-state index in [9.17, 15) is 9.90 Å². The molecule has 2 atom stereocenters. The summed E-state index contributed by atoms with van der Waals surface area (Å²) in [4.78, 5) is 11.9. The molecule has 0 saturated carbocycles. The van der Waals surface area contributed by atoms with Crippen molar-refractivity contribution in [3.05, 3.63) is 54.1 Å². The van der Waals surface area contributed by atoms with E-state index in [2.05, 4.69) is 6.92 Å². The Kier molecular flexibility index (Phi) is 6.68. The number of phenolic OH excluding ortho intramolecular Hbond substituents is 1. The number of hydrogen-bond donors (Lipinski definition) is 1. The Morgan fingerprint density at radius 2 is 1.59 bits per heavy atom. The molecule has 144 valence electrons. The van der Waals surface area contributed by atoms with Gasteiger partial charge in [0.25, 0.3) is 0 Å². The molecule has 2 aromatic carbocycles. The fourth-order valence-electron chi connectivity index (χ4n) is 2.21. The first-order valence-corrected chi connectivity index (χ1v) is 9.11. The van der Waals surface area contributed by atoms with Gasteiger partial charge >= 0.3 is 5.97 Å². The van der Waals surface area contributed by atoms with E-state index >= 15 is 0 Å². The van der Waals surface area contributed by atoms with Crippen LogP contribution in [0.5, 0.6) is 17.2 Å². The highest BCUT2D eigenvalue weighted by molar-refractivity contribution is 5.91. The second-order valence-electron chi connectivity index (χ2n) is 6.36. The van der Waals surface area contributed by atoms with Crippen LogP contribution in [-0.4, -0.2) is 43.1 Å². The average molecular weight is 372 g/mol. The van der Waals surface area contributed by atoms with Crippen molar-refractivity contribution in [2.75, 3.05) is 19.8 Å². The van der Waals surface area contributed by atoms with Crippen LogP contribution in [0.25, 0.3) is 0 Å². The predicted molar refractivity (Wildman–Crippen MR) is 99.4 cm³/mol. The van der Waals surface area contributed by atoms with Crippen molar-refractivity contribution in [1.29, 1.82) is 0 Å². The molecule has 0 aliphatic carbocycles. The van der Waals surface area contributed by atoms with Crippen molar-refractivity contribution in [2.45, 2.75) is 32.0 Å². The molecule has 2 fully saturated rings. The van der Waals surface area contributed by atoms with Crippen molar-refractivity contribution in [2.24, 2.45) is 0 Å². The van der Waals surface area contributed by atoms with Crippen LogP contribution in [-0.2, 0) is 9.47 Å². The van der Waals surface area contributed by atoms with Gasteiger partial charge in [0.1, 0.15) is 17.2 Å². The average Bonchev–Trinajstić information content (AvgIpc) is 3.58. The fourth-order valence-corrected chi connectivity index (χ4v) is 2.21.